The lowest BCUT2D eigenvalue weighted by Gasteiger charge is -2.18. The first-order valence-electron chi connectivity index (χ1n) is 16.0. The normalized spacial score (nSPS) is 11.2. The van der Waals surface area contributed by atoms with Crippen molar-refractivity contribution < 1.29 is 33.4 Å². The summed E-state index contributed by atoms with van der Waals surface area (Å²) in [6.45, 7) is 1.31. The number of hydrogen-bond donors (Lipinski definition) is 3. The van der Waals surface area contributed by atoms with E-state index in [0.717, 1.165) is 16.9 Å². The molecule has 1 atom stereocenters. The molecule has 2 amide bonds. The third-order valence-corrected chi connectivity index (χ3v) is 7.75. The zero-order chi connectivity index (χ0) is 34.6. The summed E-state index contributed by atoms with van der Waals surface area (Å²) >= 11 is 0. The van der Waals surface area contributed by atoms with Crippen LogP contribution >= 0.6 is 0 Å². The highest BCUT2D eigenvalue weighted by Crippen LogP contribution is 2.37. The number of aliphatic hydroxyl groups excluding tert-OH is 1. The topological polar surface area (TPSA) is 127 Å². The van der Waals surface area contributed by atoms with Crippen LogP contribution in [0.1, 0.15) is 46.0 Å². The fourth-order valence-electron chi connectivity index (χ4n) is 5.43. The minimum Gasteiger partial charge on any atom is -0.497 e. The second-order valence-corrected chi connectivity index (χ2v) is 11.4. The van der Waals surface area contributed by atoms with Gasteiger partial charge in [0, 0.05) is 36.4 Å². The number of benzene rings is 4. The monoisotopic (exact) mass is 658 g/mol. The molecule has 0 fully saturated rings. The van der Waals surface area contributed by atoms with E-state index < -0.39 is 17.9 Å². The first-order valence-corrected chi connectivity index (χ1v) is 16.0. The highest BCUT2D eigenvalue weighted by Gasteiger charge is 2.27. The number of rotatable bonds is 13. The molecule has 9 heteroatoms. The van der Waals surface area contributed by atoms with Crippen LogP contribution in [0.5, 0.6) is 5.75 Å². The number of esters is 1. The zero-order valence-electron chi connectivity index (χ0n) is 27.5. The highest BCUT2D eigenvalue weighted by atomic mass is 16.5. The summed E-state index contributed by atoms with van der Waals surface area (Å²) in [7, 11) is 1.62. The number of nitrogens with one attached hydrogen (secondary N) is 2. The van der Waals surface area contributed by atoms with E-state index in [0.29, 0.717) is 46.3 Å². The van der Waals surface area contributed by atoms with Gasteiger partial charge in [-0.25, -0.2) is 4.79 Å². The van der Waals surface area contributed by atoms with Gasteiger partial charge in [0.1, 0.15) is 23.1 Å². The van der Waals surface area contributed by atoms with Gasteiger partial charge in [0.2, 0.25) is 11.8 Å². The number of fused-ring (bicyclic) bond motifs is 1. The predicted octanol–water partition coefficient (Wildman–Crippen LogP) is 5.45. The van der Waals surface area contributed by atoms with E-state index in [-0.39, 0.29) is 37.6 Å². The number of ether oxygens (including phenoxy) is 2. The van der Waals surface area contributed by atoms with Crippen molar-refractivity contribution in [3.63, 3.8) is 0 Å². The Labute approximate surface area is 285 Å². The van der Waals surface area contributed by atoms with E-state index in [4.69, 9.17) is 13.9 Å². The molecule has 1 aromatic heterocycles. The molecule has 9 nitrogen and oxygen atoms in total. The van der Waals surface area contributed by atoms with Crippen LogP contribution in [-0.4, -0.2) is 55.8 Å². The summed E-state index contributed by atoms with van der Waals surface area (Å²) in [5, 5.41) is 15.0. The third kappa shape index (κ3) is 9.15. The Morgan fingerprint density at radius 1 is 0.898 bits per heavy atom. The molecule has 0 aliphatic heterocycles. The maximum atomic E-state index is 13.9. The van der Waals surface area contributed by atoms with Crippen molar-refractivity contribution >= 4 is 28.8 Å². The van der Waals surface area contributed by atoms with Crippen LogP contribution in [0, 0.1) is 11.8 Å². The van der Waals surface area contributed by atoms with E-state index >= 15 is 0 Å². The number of furan rings is 1. The van der Waals surface area contributed by atoms with Crippen LogP contribution in [0.15, 0.2) is 101 Å². The van der Waals surface area contributed by atoms with Crippen LogP contribution in [0.25, 0.3) is 22.3 Å². The molecule has 0 bridgehead atoms. The van der Waals surface area contributed by atoms with Crippen molar-refractivity contribution in [3.05, 3.63) is 125 Å². The highest BCUT2D eigenvalue weighted by molar-refractivity contribution is 6.10. The average Bonchev–Trinajstić information content (AvgIpc) is 3.51. The average molecular weight is 659 g/mol. The van der Waals surface area contributed by atoms with Crippen molar-refractivity contribution in [2.45, 2.75) is 32.2 Å². The molecule has 0 aliphatic rings. The van der Waals surface area contributed by atoms with E-state index in [9.17, 15) is 19.5 Å². The number of carbonyl (C=O) groups is 3. The van der Waals surface area contributed by atoms with Crippen molar-refractivity contribution in [2.24, 2.45) is 0 Å². The van der Waals surface area contributed by atoms with Crippen LogP contribution in [0.4, 0.5) is 0 Å². The smallest absolute Gasteiger partial charge is 0.342 e. The lowest BCUT2D eigenvalue weighted by molar-refractivity contribution is -0.128. The van der Waals surface area contributed by atoms with Gasteiger partial charge in [-0.3, -0.25) is 9.59 Å². The minimum atomic E-state index is -0.940. The van der Waals surface area contributed by atoms with E-state index in [1.165, 1.54) is 6.92 Å². The Balaban J connectivity index is 1.55. The fourth-order valence-corrected chi connectivity index (χ4v) is 5.43. The van der Waals surface area contributed by atoms with Gasteiger partial charge < -0.3 is 29.6 Å². The SMILES string of the molecule is COc1ccc(CCCOC(=O)c2c(-c3ccccc3)oc3c(C#Cc4ccccc4)cc(C[C@H](NC(C)=O)C(=O)NCCO)cc23)cc1. The van der Waals surface area contributed by atoms with E-state index in [1.807, 2.05) is 84.9 Å². The van der Waals surface area contributed by atoms with Gasteiger partial charge in [0.15, 0.2) is 5.58 Å². The van der Waals surface area contributed by atoms with Crippen LogP contribution in [-0.2, 0) is 27.2 Å². The van der Waals surface area contributed by atoms with Crippen molar-refractivity contribution in [2.75, 3.05) is 26.9 Å². The molecule has 1 heterocycles. The summed E-state index contributed by atoms with van der Waals surface area (Å²) in [4.78, 5) is 39.0. The summed E-state index contributed by atoms with van der Waals surface area (Å²) in [6, 6.07) is 29.2. The predicted molar refractivity (Wildman–Crippen MR) is 187 cm³/mol. The summed E-state index contributed by atoms with van der Waals surface area (Å²) in [6.07, 6.45) is 1.41. The summed E-state index contributed by atoms with van der Waals surface area (Å²) in [5.41, 5.74) is 4.35. The molecule has 0 aliphatic carbocycles. The van der Waals surface area contributed by atoms with Gasteiger partial charge in [-0.05, 0) is 60.4 Å². The Morgan fingerprint density at radius 3 is 2.29 bits per heavy atom. The van der Waals surface area contributed by atoms with Crippen molar-refractivity contribution in [1.82, 2.24) is 10.6 Å². The first-order chi connectivity index (χ1) is 23.9. The van der Waals surface area contributed by atoms with E-state index in [1.54, 1.807) is 19.2 Å². The molecule has 0 saturated carbocycles. The maximum absolute atomic E-state index is 13.9. The molecule has 250 valence electrons. The molecule has 0 unspecified atom stereocenters. The van der Waals surface area contributed by atoms with Crippen LogP contribution in [0.2, 0.25) is 0 Å². The molecule has 5 rings (SSSR count). The van der Waals surface area contributed by atoms with Crippen LogP contribution in [0.3, 0.4) is 0 Å². The molecule has 0 saturated heterocycles. The summed E-state index contributed by atoms with van der Waals surface area (Å²) < 4.78 is 17.5. The number of amides is 2. The van der Waals surface area contributed by atoms with Crippen molar-refractivity contribution in [3.8, 4) is 28.9 Å². The van der Waals surface area contributed by atoms with Crippen LogP contribution < -0.4 is 15.4 Å². The molecule has 5 aromatic rings. The second-order valence-electron chi connectivity index (χ2n) is 11.4. The molecule has 4 aromatic carbocycles. The number of aryl methyl sites for hydroxylation is 1. The largest absolute Gasteiger partial charge is 0.497 e. The van der Waals surface area contributed by atoms with Gasteiger partial charge in [0.25, 0.3) is 0 Å². The Kier molecular flexibility index (Phi) is 11.8. The minimum absolute atomic E-state index is 0.0401. The number of carbonyl (C=O) groups excluding carboxylic acids is 3. The summed E-state index contributed by atoms with van der Waals surface area (Å²) in [5.74, 6) is 6.11. The molecular weight excluding hydrogens is 620 g/mol. The molecule has 0 radical (unpaired) electrons. The van der Waals surface area contributed by atoms with Crippen molar-refractivity contribution in [1.29, 1.82) is 0 Å². The molecule has 0 spiro atoms. The van der Waals surface area contributed by atoms with Gasteiger partial charge in [-0.1, -0.05) is 72.5 Å². The number of hydrogen-bond acceptors (Lipinski definition) is 7. The number of methoxy groups -OCH3 is 1. The quantitative estimate of drug-likeness (QED) is 0.0872. The Bertz CT molecular complexity index is 1960. The lowest BCUT2D eigenvalue weighted by atomic mass is 9.97. The molecule has 3 N–H and O–H groups in total. The second kappa shape index (κ2) is 16.8. The van der Waals surface area contributed by atoms with Gasteiger partial charge in [-0.15, -0.1) is 0 Å². The first kappa shape index (κ1) is 34.5. The zero-order valence-corrected chi connectivity index (χ0v) is 27.5. The standard InChI is InChI=1S/C40H38N2O7/c1-27(44)42-35(39(45)41-21-22-43)26-30-24-32(18-15-28-10-5-3-6-11-28)37-34(25-30)36(38(49-37)31-13-7-4-8-14-31)40(46)48-23-9-12-29-16-19-33(47-2)20-17-29/h3-8,10-11,13-14,16-17,19-20,24-25,35,43H,9,12,21-23,26H2,1-2H3,(H,41,45)(H,42,44)/t35-/m0/s1. The fraction of sp³-hybridized carbons (Fsp3) is 0.225. The Morgan fingerprint density at radius 2 is 1.61 bits per heavy atom. The third-order valence-electron chi connectivity index (χ3n) is 7.75. The molecular formula is C40H38N2O7. The van der Waals surface area contributed by atoms with Gasteiger partial charge in [0.05, 0.1) is 25.9 Å². The lowest BCUT2D eigenvalue weighted by Crippen LogP contribution is -2.48. The number of aliphatic hydroxyl groups is 1. The Hall–Kier alpha value is -5.85. The van der Waals surface area contributed by atoms with Gasteiger partial charge >= 0.3 is 5.97 Å². The molecule has 49 heavy (non-hydrogen) atoms. The van der Waals surface area contributed by atoms with E-state index in [2.05, 4.69) is 22.5 Å². The van der Waals surface area contributed by atoms with Gasteiger partial charge in [-0.2, -0.15) is 0 Å². The maximum Gasteiger partial charge on any atom is 0.342 e.